The van der Waals surface area contributed by atoms with Crippen molar-refractivity contribution in [2.45, 2.75) is 39.5 Å². The van der Waals surface area contributed by atoms with Crippen LogP contribution in [-0.2, 0) is 0 Å². The molecule has 0 aromatic heterocycles. The summed E-state index contributed by atoms with van der Waals surface area (Å²) in [5.74, 6) is 1.64. The van der Waals surface area contributed by atoms with Crippen LogP contribution in [0.25, 0.3) is 0 Å². The van der Waals surface area contributed by atoms with Crippen LogP contribution in [0.15, 0.2) is 11.6 Å². The lowest BCUT2D eigenvalue weighted by Gasteiger charge is -2.27. The SMILES string of the molecule is CC1=CCC(CCCO)C(C)C1. The molecule has 0 aliphatic heterocycles. The molecule has 1 N–H and O–H groups in total. The molecule has 0 aromatic rings. The minimum Gasteiger partial charge on any atom is -0.396 e. The van der Waals surface area contributed by atoms with Gasteiger partial charge < -0.3 is 5.11 Å². The molecule has 12 heavy (non-hydrogen) atoms. The van der Waals surface area contributed by atoms with Crippen LogP contribution in [0.4, 0.5) is 0 Å². The highest BCUT2D eigenvalue weighted by atomic mass is 16.2. The second-order valence-electron chi connectivity index (χ2n) is 4.09. The topological polar surface area (TPSA) is 20.2 Å². The molecule has 1 heteroatoms. The fraction of sp³-hybridized carbons (Fsp3) is 0.818. The van der Waals surface area contributed by atoms with Crippen LogP contribution in [0, 0.1) is 11.8 Å². The lowest BCUT2D eigenvalue weighted by atomic mass is 9.79. The Hall–Kier alpha value is -0.300. The normalized spacial score (nSPS) is 30.1. The van der Waals surface area contributed by atoms with Crippen molar-refractivity contribution in [3.8, 4) is 0 Å². The largest absolute Gasteiger partial charge is 0.396 e. The van der Waals surface area contributed by atoms with Gasteiger partial charge in [0, 0.05) is 6.61 Å². The van der Waals surface area contributed by atoms with E-state index >= 15 is 0 Å². The maximum absolute atomic E-state index is 8.72. The molecule has 70 valence electrons. The molecule has 1 aliphatic rings. The first kappa shape index (κ1) is 9.79. The molecule has 2 atom stereocenters. The summed E-state index contributed by atoms with van der Waals surface area (Å²) in [4.78, 5) is 0. The first-order chi connectivity index (χ1) is 5.74. The minimum atomic E-state index is 0.353. The second-order valence-corrected chi connectivity index (χ2v) is 4.09. The Kier molecular flexibility index (Phi) is 3.80. The zero-order valence-electron chi connectivity index (χ0n) is 8.21. The molecule has 0 spiro atoms. The first-order valence-corrected chi connectivity index (χ1v) is 5.00. The lowest BCUT2D eigenvalue weighted by molar-refractivity contribution is 0.246. The molecule has 0 fully saturated rings. The predicted molar refractivity (Wildman–Crippen MR) is 52.0 cm³/mol. The molecule has 0 saturated heterocycles. The van der Waals surface area contributed by atoms with Crippen LogP contribution in [0.1, 0.15) is 39.5 Å². The Morgan fingerprint density at radius 2 is 2.33 bits per heavy atom. The van der Waals surface area contributed by atoms with Gasteiger partial charge in [-0.25, -0.2) is 0 Å². The maximum Gasteiger partial charge on any atom is 0.0431 e. The van der Waals surface area contributed by atoms with Crippen molar-refractivity contribution in [3.63, 3.8) is 0 Å². The summed E-state index contributed by atoms with van der Waals surface area (Å²) in [5.41, 5.74) is 1.54. The number of hydrogen-bond donors (Lipinski definition) is 1. The Morgan fingerprint density at radius 3 is 2.92 bits per heavy atom. The minimum absolute atomic E-state index is 0.353. The molecule has 0 saturated carbocycles. The van der Waals surface area contributed by atoms with Gasteiger partial charge in [0.1, 0.15) is 0 Å². The van der Waals surface area contributed by atoms with Gasteiger partial charge >= 0.3 is 0 Å². The van der Waals surface area contributed by atoms with E-state index in [1.807, 2.05) is 0 Å². The average molecular weight is 168 g/mol. The van der Waals surface area contributed by atoms with Crippen LogP contribution in [0.2, 0.25) is 0 Å². The van der Waals surface area contributed by atoms with Crippen molar-refractivity contribution < 1.29 is 5.11 Å². The number of rotatable bonds is 3. The summed E-state index contributed by atoms with van der Waals surface area (Å²) < 4.78 is 0. The molecule has 0 amide bonds. The highest BCUT2D eigenvalue weighted by Gasteiger charge is 2.19. The van der Waals surface area contributed by atoms with E-state index in [0.717, 1.165) is 18.3 Å². The average Bonchev–Trinajstić information content (AvgIpc) is 2.03. The second kappa shape index (κ2) is 4.66. The van der Waals surface area contributed by atoms with E-state index in [-0.39, 0.29) is 0 Å². The van der Waals surface area contributed by atoms with Crippen molar-refractivity contribution in [2.24, 2.45) is 11.8 Å². The lowest BCUT2D eigenvalue weighted by Crippen LogP contribution is -2.15. The summed E-state index contributed by atoms with van der Waals surface area (Å²) >= 11 is 0. The number of aliphatic hydroxyl groups is 1. The summed E-state index contributed by atoms with van der Waals surface area (Å²) in [6.45, 7) is 4.91. The number of hydrogen-bond acceptors (Lipinski definition) is 1. The third-order valence-corrected chi connectivity index (χ3v) is 2.95. The van der Waals surface area contributed by atoms with Crippen molar-refractivity contribution in [1.82, 2.24) is 0 Å². The van der Waals surface area contributed by atoms with Gasteiger partial charge in [-0.15, -0.1) is 0 Å². The molecule has 0 bridgehead atoms. The molecular weight excluding hydrogens is 148 g/mol. The molecule has 0 heterocycles. The summed E-state index contributed by atoms with van der Waals surface area (Å²) in [5, 5.41) is 8.72. The van der Waals surface area contributed by atoms with Gasteiger partial charge in [-0.05, 0) is 44.4 Å². The summed E-state index contributed by atoms with van der Waals surface area (Å²) in [6.07, 6.45) is 7.02. The van der Waals surface area contributed by atoms with Gasteiger partial charge in [0.2, 0.25) is 0 Å². The molecule has 0 aromatic carbocycles. The maximum atomic E-state index is 8.72. The standard InChI is InChI=1S/C11H20O/c1-9-5-6-11(4-3-7-12)10(2)8-9/h5,10-12H,3-4,6-8H2,1-2H3. The zero-order valence-corrected chi connectivity index (χ0v) is 8.21. The van der Waals surface area contributed by atoms with E-state index in [1.54, 1.807) is 5.57 Å². The summed E-state index contributed by atoms with van der Waals surface area (Å²) in [7, 11) is 0. The first-order valence-electron chi connectivity index (χ1n) is 5.00. The van der Waals surface area contributed by atoms with Gasteiger partial charge in [0.05, 0.1) is 0 Å². The fourth-order valence-corrected chi connectivity index (χ4v) is 2.10. The van der Waals surface area contributed by atoms with E-state index in [1.165, 1.54) is 19.3 Å². The van der Waals surface area contributed by atoms with Crippen molar-refractivity contribution >= 4 is 0 Å². The Labute approximate surface area is 75.5 Å². The quantitative estimate of drug-likeness (QED) is 0.642. The highest BCUT2D eigenvalue weighted by Crippen LogP contribution is 2.31. The van der Waals surface area contributed by atoms with Crippen molar-refractivity contribution in [2.75, 3.05) is 6.61 Å². The highest BCUT2D eigenvalue weighted by molar-refractivity contribution is 5.04. The van der Waals surface area contributed by atoms with Crippen LogP contribution in [-0.4, -0.2) is 11.7 Å². The molecule has 0 radical (unpaired) electrons. The van der Waals surface area contributed by atoms with Gasteiger partial charge in [0.25, 0.3) is 0 Å². The molecule has 1 rings (SSSR count). The number of allylic oxidation sites excluding steroid dienone is 2. The monoisotopic (exact) mass is 168 g/mol. The van der Waals surface area contributed by atoms with E-state index in [0.29, 0.717) is 6.61 Å². The predicted octanol–water partition coefficient (Wildman–Crippen LogP) is 2.75. The third kappa shape index (κ3) is 2.63. The van der Waals surface area contributed by atoms with Gasteiger partial charge in [0.15, 0.2) is 0 Å². The van der Waals surface area contributed by atoms with E-state index < -0.39 is 0 Å². The van der Waals surface area contributed by atoms with Crippen molar-refractivity contribution in [1.29, 1.82) is 0 Å². The Bertz CT molecular complexity index is 160. The summed E-state index contributed by atoms with van der Waals surface area (Å²) in [6, 6.07) is 0. The number of aliphatic hydroxyl groups excluding tert-OH is 1. The molecule has 1 nitrogen and oxygen atoms in total. The molecule has 1 aliphatic carbocycles. The van der Waals surface area contributed by atoms with E-state index in [4.69, 9.17) is 5.11 Å². The van der Waals surface area contributed by atoms with Gasteiger partial charge in [-0.1, -0.05) is 18.6 Å². The smallest absolute Gasteiger partial charge is 0.0431 e. The Balaban J connectivity index is 2.35. The zero-order chi connectivity index (χ0) is 8.97. The fourth-order valence-electron chi connectivity index (χ4n) is 2.10. The molecular formula is C11H20O. The van der Waals surface area contributed by atoms with Crippen molar-refractivity contribution in [3.05, 3.63) is 11.6 Å². The van der Waals surface area contributed by atoms with E-state index in [2.05, 4.69) is 19.9 Å². The van der Waals surface area contributed by atoms with Crippen LogP contribution < -0.4 is 0 Å². The van der Waals surface area contributed by atoms with Gasteiger partial charge in [-0.3, -0.25) is 0 Å². The van der Waals surface area contributed by atoms with Gasteiger partial charge in [-0.2, -0.15) is 0 Å². The Morgan fingerprint density at radius 1 is 1.58 bits per heavy atom. The van der Waals surface area contributed by atoms with Crippen LogP contribution in [0.3, 0.4) is 0 Å². The van der Waals surface area contributed by atoms with E-state index in [9.17, 15) is 0 Å². The van der Waals surface area contributed by atoms with Crippen LogP contribution in [0.5, 0.6) is 0 Å². The van der Waals surface area contributed by atoms with Crippen LogP contribution >= 0.6 is 0 Å². The molecule has 2 unspecified atom stereocenters. The third-order valence-electron chi connectivity index (χ3n) is 2.95.